The maximum absolute atomic E-state index is 4.76. The summed E-state index contributed by atoms with van der Waals surface area (Å²) in [6.07, 6.45) is 3.15. The topological polar surface area (TPSA) is 40.5 Å². The summed E-state index contributed by atoms with van der Waals surface area (Å²) in [6, 6.07) is 0. The SMILES string of the molecule is CCNC(=NCc1ncc(C)s1)N1CCSC(CC)C1.I. The summed E-state index contributed by atoms with van der Waals surface area (Å²) in [5, 5.41) is 5.24. The summed E-state index contributed by atoms with van der Waals surface area (Å²) in [5.41, 5.74) is 0. The molecule has 0 aliphatic carbocycles. The molecule has 1 atom stereocenters. The molecule has 0 bridgehead atoms. The number of hydrogen-bond acceptors (Lipinski definition) is 4. The third-order valence-corrected chi connectivity index (χ3v) is 5.53. The van der Waals surface area contributed by atoms with Crippen LogP contribution in [0, 0.1) is 6.92 Å². The summed E-state index contributed by atoms with van der Waals surface area (Å²) >= 11 is 3.82. The molecule has 0 saturated carbocycles. The van der Waals surface area contributed by atoms with E-state index in [1.807, 2.05) is 6.20 Å². The van der Waals surface area contributed by atoms with Crippen LogP contribution in [0.1, 0.15) is 30.2 Å². The van der Waals surface area contributed by atoms with Gasteiger partial charge in [0.2, 0.25) is 0 Å². The first-order valence-electron chi connectivity index (χ1n) is 7.29. The first kappa shape index (κ1) is 19.0. The Bertz CT molecular complexity index is 450. The standard InChI is InChI=1S/C14H24N4S2.HI/c1-4-12-10-18(6-7-19-12)14(15-5-2)17-9-13-16-8-11(3)20-13;/h8,12H,4-7,9-10H2,1-3H3,(H,15,17);1H. The van der Waals surface area contributed by atoms with Crippen molar-refractivity contribution in [2.24, 2.45) is 4.99 Å². The summed E-state index contributed by atoms with van der Waals surface area (Å²) in [4.78, 5) is 12.8. The van der Waals surface area contributed by atoms with Gasteiger partial charge in [0.15, 0.2) is 5.96 Å². The van der Waals surface area contributed by atoms with Crippen LogP contribution in [-0.4, -0.2) is 46.5 Å². The lowest BCUT2D eigenvalue weighted by Gasteiger charge is -2.34. The van der Waals surface area contributed by atoms with E-state index in [9.17, 15) is 0 Å². The maximum atomic E-state index is 4.76. The van der Waals surface area contributed by atoms with E-state index in [1.165, 1.54) is 17.1 Å². The van der Waals surface area contributed by atoms with Gasteiger partial charge in [0.25, 0.3) is 0 Å². The van der Waals surface area contributed by atoms with Crippen LogP contribution in [0.3, 0.4) is 0 Å². The lowest BCUT2D eigenvalue weighted by molar-refractivity contribution is 0.408. The quantitative estimate of drug-likeness (QED) is 0.443. The van der Waals surface area contributed by atoms with Crippen molar-refractivity contribution in [2.45, 2.75) is 39.0 Å². The molecule has 4 nitrogen and oxygen atoms in total. The molecule has 1 aromatic heterocycles. The van der Waals surface area contributed by atoms with E-state index >= 15 is 0 Å². The number of thiazole rings is 1. The zero-order valence-electron chi connectivity index (χ0n) is 13.0. The normalized spacial score (nSPS) is 19.3. The fourth-order valence-corrected chi connectivity index (χ4v) is 4.09. The Balaban J connectivity index is 0.00000220. The average Bonchev–Trinajstić information content (AvgIpc) is 2.89. The molecule has 0 amide bonds. The molecule has 0 spiro atoms. The highest BCUT2D eigenvalue weighted by Crippen LogP contribution is 2.21. The van der Waals surface area contributed by atoms with E-state index in [1.54, 1.807) is 11.3 Å². The summed E-state index contributed by atoms with van der Waals surface area (Å²) in [7, 11) is 0. The largest absolute Gasteiger partial charge is 0.357 e. The van der Waals surface area contributed by atoms with E-state index in [-0.39, 0.29) is 24.0 Å². The number of aromatic nitrogens is 1. The molecule has 0 aromatic carbocycles. The van der Waals surface area contributed by atoms with Crippen LogP contribution in [0.25, 0.3) is 0 Å². The van der Waals surface area contributed by atoms with Crippen LogP contribution < -0.4 is 5.32 Å². The van der Waals surface area contributed by atoms with Crippen molar-refractivity contribution in [3.63, 3.8) is 0 Å². The number of guanidine groups is 1. The fourth-order valence-electron chi connectivity index (χ4n) is 2.20. The third kappa shape index (κ3) is 5.94. The van der Waals surface area contributed by atoms with Gasteiger partial charge in [-0.3, -0.25) is 0 Å². The lowest BCUT2D eigenvalue weighted by Crippen LogP contribution is -2.48. The molecule has 21 heavy (non-hydrogen) atoms. The van der Waals surface area contributed by atoms with Gasteiger partial charge in [-0.1, -0.05) is 6.92 Å². The number of thioether (sulfide) groups is 1. The van der Waals surface area contributed by atoms with E-state index < -0.39 is 0 Å². The third-order valence-electron chi connectivity index (χ3n) is 3.26. The maximum Gasteiger partial charge on any atom is 0.194 e. The lowest BCUT2D eigenvalue weighted by atomic mass is 10.3. The number of halogens is 1. The minimum Gasteiger partial charge on any atom is -0.357 e. The molecular weight excluding hydrogens is 415 g/mol. The van der Waals surface area contributed by atoms with Gasteiger partial charge in [0.1, 0.15) is 5.01 Å². The van der Waals surface area contributed by atoms with E-state index in [4.69, 9.17) is 4.99 Å². The van der Waals surface area contributed by atoms with Crippen molar-refractivity contribution >= 4 is 53.0 Å². The molecule has 1 unspecified atom stereocenters. The Hall–Kier alpha value is -0.0200. The second kappa shape index (κ2) is 9.89. The first-order chi connectivity index (χ1) is 9.72. The smallest absolute Gasteiger partial charge is 0.194 e. The minimum atomic E-state index is 0. The van der Waals surface area contributed by atoms with Crippen molar-refractivity contribution in [1.82, 2.24) is 15.2 Å². The zero-order valence-corrected chi connectivity index (χ0v) is 16.9. The Morgan fingerprint density at radius 2 is 2.33 bits per heavy atom. The number of aliphatic imine (C=N–C) groups is 1. The summed E-state index contributed by atoms with van der Waals surface area (Å²) in [5.74, 6) is 2.23. The van der Waals surface area contributed by atoms with Gasteiger partial charge in [-0.2, -0.15) is 11.8 Å². The zero-order chi connectivity index (χ0) is 14.4. The molecule has 2 heterocycles. The van der Waals surface area contributed by atoms with Gasteiger partial charge < -0.3 is 10.2 Å². The molecule has 1 aromatic rings. The van der Waals surface area contributed by atoms with Crippen LogP contribution in [0.2, 0.25) is 0 Å². The van der Waals surface area contributed by atoms with Crippen molar-refractivity contribution in [2.75, 3.05) is 25.4 Å². The highest BCUT2D eigenvalue weighted by molar-refractivity contribution is 14.0. The highest BCUT2D eigenvalue weighted by atomic mass is 127. The number of rotatable bonds is 4. The van der Waals surface area contributed by atoms with Gasteiger partial charge in [-0.05, 0) is 20.3 Å². The molecule has 0 radical (unpaired) electrons. The minimum absolute atomic E-state index is 0. The molecule has 1 N–H and O–H groups in total. The summed E-state index contributed by atoms with van der Waals surface area (Å²) < 4.78 is 0. The van der Waals surface area contributed by atoms with Crippen LogP contribution in [-0.2, 0) is 6.54 Å². The van der Waals surface area contributed by atoms with Gasteiger partial charge in [-0.15, -0.1) is 35.3 Å². The number of aryl methyl sites for hydroxylation is 1. The van der Waals surface area contributed by atoms with Crippen LogP contribution >= 0.6 is 47.1 Å². The number of hydrogen-bond donors (Lipinski definition) is 1. The van der Waals surface area contributed by atoms with E-state index in [0.717, 1.165) is 35.9 Å². The fraction of sp³-hybridized carbons (Fsp3) is 0.714. The van der Waals surface area contributed by atoms with Crippen LogP contribution in [0.4, 0.5) is 0 Å². The Morgan fingerprint density at radius 3 is 2.95 bits per heavy atom. The second-order valence-corrected chi connectivity index (χ2v) is 7.61. The van der Waals surface area contributed by atoms with E-state index in [2.05, 4.69) is 47.7 Å². The Morgan fingerprint density at radius 1 is 1.52 bits per heavy atom. The second-order valence-electron chi connectivity index (χ2n) is 4.88. The van der Waals surface area contributed by atoms with Crippen molar-refractivity contribution in [1.29, 1.82) is 0 Å². The van der Waals surface area contributed by atoms with Gasteiger partial charge in [-0.25, -0.2) is 9.98 Å². The molecule has 2 rings (SSSR count). The Labute approximate surface area is 153 Å². The molecule has 1 saturated heterocycles. The van der Waals surface area contributed by atoms with Crippen molar-refractivity contribution in [3.8, 4) is 0 Å². The van der Waals surface area contributed by atoms with E-state index in [0.29, 0.717) is 6.54 Å². The highest BCUT2D eigenvalue weighted by Gasteiger charge is 2.21. The Kier molecular flexibility index (Phi) is 8.96. The average molecular weight is 440 g/mol. The predicted octanol–water partition coefficient (Wildman–Crippen LogP) is 3.36. The van der Waals surface area contributed by atoms with Crippen molar-refractivity contribution in [3.05, 3.63) is 16.1 Å². The molecule has 1 fully saturated rings. The summed E-state index contributed by atoms with van der Waals surface area (Å²) in [6.45, 7) is 10.3. The monoisotopic (exact) mass is 440 g/mol. The van der Waals surface area contributed by atoms with Crippen LogP contribution in [0.5, 0.6) is 0 Å². The number of nitrogens with zero attached hydrogens (tertiary/aromatic N) is 3. The van der Waals surface area contributed by atoms with Gasteiger partial charge >= 0.3 is 0 Å². The molecular formula is C14H25IN4S2. The van der Waals surface area contributed by atoms with Gasteiger partial charge in [0, 0.05) is 41.7 Å². The molecule has 120 valence electrons. The molecule has 7 heteroatoms. The van der Waals surface area contributed by atoms with Gasteiger partial charge in [0.05, 0.1) is 6.54 Å². The molecule has 1 aliphatic heterocycles. The molecule has 1 aliphatic rings. The first-order valence-corrected chi connectivity index (χ1v) is 9.15. The number of nitrogens with one attached hydrogen (secondary N) is 1. The predicted molar refractivity (Wildman–Crippen MR) is 105 cm³/mol. The van der Waals surface area contributed by atoms with Crippen LogP contribution in [0.15, 0.2) is 11.2 Å². The van der Waals surface area contributed by atoms with Crippen molar-refractivity contribution < 1.29 is 0 Å².